The molecule has 1 amide bonds. The maximum absolute atomic E-state index is 11.3. The van der Waals surface area contributed by atoms with Gasteiger partial charge >= 0.3 is 0 Å². The Morgan fingerprint density at radius 1 is 1.53 bits per heavy atom. The number of ether oxygens (including phenoxy) is 1. The molecule has 0 atom stereocenters. The van der Waals surface area contributed by atoms with Gasteiger partial charge < -0.3 is 15.2 Å². The lowest BCUT2D eigenvalue weighted by Gasteiger charge is -2.07. The van der Waals surface area contributed by atoms with Crippen molar-refractivity contribution in [2.24, 2.45) is 0 Å². The van der Waals surface area contributed by atoms with Crippen LogP contribution in [0.4, 0.5) is 5.69 Å². The fourth-order valence-corrected chi connectivity index (χ4v) is 1.22. The van der Waals surface area contributed by atoms with E-state index in [2.05, 4.69) is 5.32 Å². The molecule has 0 unspecified atom stereocenters. The number of carbonyl (C=O) groups excluding carboxylic acids is 1. The summed E-state index contributed by atoms with van der Waals surface area (Å²) in [6, 6.07) is 4.76. The van der Waals surface area contributed by atoms with Gasteiger partial charge in [0, 0.05) is 18.2 Å². The van der Waals surface area contributed by atoms with Crippen LogP contribution < -0.4 is 10.1 Å². The topological polar surface area (TPSA) is 58.6 Å². The number of aromatic hydroxyl groups is 1. The molecule has 0 heterocycles. The molecule has 0 radical (unpaired) electrons. The fourth-order valence-electron chi connectivity index (χ4n) is 1.22. The Morgan fingerprint density at radius 3 is 2.80 bits per heavy atom. The normalized spacial score (nSPS) is 9.73. The Hall–Kier alpha value is -1.71. The predicted molar refractivity (Wildman–Crippen MR) is 58.2 cm³/mol. The Bertz CT molecular complexity index is 350. The zero-order chi connectivity index (χ0) is 11.3. The van der Waals surface area contributed by atoms with E-state index in [1.54, 1.807) is 12.1 Å². The van der Waals surface area contributed by atoms with Gasteiger partial charge in [0.05, 0.1) is 7.11 Å². The van der Waals surface area contributed by atoms with Crippen molar-refractivity contribution in [2.75, 3.05) is 12.4 Å². The summed E-state index contributed by atoms with van der Waals surface area (Å²) < 4.78 is 4.89. The summed E-state index contributed by atoms with van der Waals surface area (Å²) in [5, 5.41) is 12.1. The minimum Gasteiger partial charge on any atom is -0.504 e. The van der Waals surface area contributed by atoms with E-state index in [9.17, 15) is 9.90 Å². The first-order valence-electron chi connectivity index (χ1n) is 4.84. The number of hydrogen-bond acceptors (Lipinski definition) is 3. The molecule has 0 aliphatic carbocycles. The van der Waals surface area contributed by atoms with Crippen molar-refractivity contribution in [1.82, 2.24) is 0 Å². The molecule has 4 heteroatoms. The molecule has 15 heavy (non-hydrogen) atoms. The third kappa shape index (κ3) is 3.16. The van der Waals surface area contributed by atoms with Crippen LogP contribution in [0.1, 0.15) is 19.8 Å². The van der Waals surface area contributed by atoms with Crippen LogP contribution in [0.2, 0.25) is 0 Å². The average molecular weight is 209 g/mol. The maximum Gasteiger partial charge on any atom is 0.224 e. The van der Waals surface area contributed by atoms with E-state index in [0.717, 1.165) is 6.42 Å². The second kappa shape index (κ2) is 5.24. The number of nitrogens with one attached hydrogen (secondary N) is 1. The highest BCUT2D eigenvalue weighted by Gasteiger charge is 2.04. The summed E-state index contributed by atoms with van der Waals surface area (Å²) in [6.07, 6.45) is 1.28. The first-order chi connectivity index (χ1) is 7.17. The van der Waals surface area contributed by atoms with E-state index in [-0.39, 0.29) is 11.7 Å². The molecule has 4 nitrogen and oxygen atoms in total. The predicted octanol–water partition coefficient (Wildman–Crippen LogP) is 2.14. The van der Waals surface area contributed by atoms with Crippen molar-refractivity contribution < 1.29 is 14.6 Å². The maximum atomic E-state index is 11.3. The van der Waals surface area contributed by atoms with Gasteiger partial charge in [-0.3, -0.25) is 4.79 Å². The quantitative estimate of drug-likeness (QED) is 0.798. The van der Waals surface area contributed by atoms with Crippen LogP contribution in [0.5, 0.6) is 11.5 Å². The largest absolute Gasteiger partial charge is 0.504 e. The van der Waals surface area contributed by atoms with Crippen molar-refractivity contribution >= 4 is 11.6 Å². The minimum absolute atomic E-state index is 0.0202. The zero-order valence-corrected chi connectivity index (χ0v) is 8.91. The molecule has 1 aromatic rings. The number of anilines is 1. The van der Waals surface area contributed by atoms with Crippen molar-refractivity contribution in [3.05, 3.63) is 18.2 Å². The van der Waals surface area contributed by atoms with Crippen molar-refractivity contribution in [3.63, 3.8) is 0 Å². The van der Waals surface area contributed by atoms with Gasteiger partial charge in [0.15, 0.2) is 11.5 Å². The molecule has 0 bridgehead atoms. The van der Waals surface area contributed by atoms with E-state index in [1.165, 1.54) is 13.2 Å². The second-order valence-corrected chi connectivity index (χ2v) is 3.18. The number of hydrogen-bond donors (Lipinski definition) is 2. The number of carbonyl (C=O) groups is 1. The monoisotopic (exact) mass is 209 g/mol. The van der Waals surface area contributed by atoms with Gasteiger partial charge in [0.1, 0.15) is 0 Å². The molecule has 0 spiro atoms. The highest BCUT2D eigenvalue weighted by molar-refractivity contribution is 5.90. The van der Waals surface area contributed by atoms with Gasteiger partial charge in [-0.15, -0.1) is 0 Å². The lowest BCUT2D eigenvalue weighted by molar-refractivity contribution is -0.116. The van der Waals surface area contributed by atoms with Crippen LogP contribution in [-0.4, -0.2) is 18.1 Å². The van der Waals surface area contributed by atoms with Gasteiger partial charge in [-0.1, -0.05) is 6.92 Å². The van der Waals surface area contributed by atoms with Gasteiger partial charge in [-0.25, -0.2) is 0 Å². The van der Waals surface area contributed by atoms with Gasteiger partial charge in [-0.05, 0) is 18.6 Å². The lowest BCUT2D eigenvalue weighted by Crippen LogP contribution is -2.10. The van der Waals surface area contributed by atoms with Crippen molar-refractivity contribution in [3.8, 4) is 11.5 Å². The van der Waals surface area contributed by atoms with Gasteiger partial charge in [0.2, 0.25) is 5.91 Å². The Labute approximate surface area is 88.9 Å². The molecule has 1 aromatic carbocycles. The third-order valence-corrected chi connectivity index (χ3v) is 1.94. The van der Waals surface area contributed by atoms with Crippen LogP contribution in [0.15, 0.2) is 18.2 Å². The first kappa shape index (κ1) is 11.4. The second-order valence-electron chi connectivity index (χ2n) is 3.18. The first-order valence-corrected chi connectivity index (χ1v) is 4.84. The summed E-state index contributed by atoms with van der Waals surface area (Å²) in [6.45, 7) is 1.94. The Kier molecular flexibility index (Phi) is 3.97. The summed E-state index contributed by atoms with van der Waals surface area (Å²) in [5.41, 5.74) is 0.576. The van der Waals surface area contributed by atoms with Gasteiger partial charge in [0.25, 0.3) is 0 Å². The fraction of sp³-hybridized carbons (Fsp3) is 0.364. The summed E-state index contributed by atoms with van der Waals surface area (Å²) in [4.78, 5) is 11.3. The average Bonchev–Trinajstić information content (AvgIpc) is 2.18. The summed E-state index contributed by atoms with van der Waals surface area (Å²) in [5.74, 6) is 0.359. The van der Waals surface area contributed by atoms with E-state index >= 15 is 0 Å². The highest BCUT2D eigenvalue weighted by Crippen LogP contribution is 2.28. The molecule has 82 valence electrons. The Balaban J connectivity index is 2.71. The lowest BCUT2D eigenvalue weighted by atomic mass is 10.2. The molecule has 0 aliphatic heterocycles. The van der Waals surface area contributed by atoms with Crippen LogP contribution in [0.25, 0.3) is 0 Å². The minimum atomic E-state index is -0.0536. The number of benzene rings is 1. The Morgan fingerprint density at radius 2 is 2.27 bits per heavy atom. The zero-order valence-electron chi connectivity index (χ0n) is 8.91. The standard InChI is InChI=1S/C11H15NO3/c1-3-4-11(14)12-8-5-6-10(15-2)9(13)7-8/h5-7,13H,3-4H2,1-2H3,(H,12,14). The molecule has 1 rings (SSSR count). The van der Waals surface area contributed by atoms with E-state index < -0.39 is 0 Å². The third-order valence-electron chi connectivity index (χ3n) is 1.94. The number of amides is 1. The van der Waals surface area contributed by atoms with Crippen molar-refractivity contribution in [2.45, 2.75) is 19.8 Å². The molecule has 2 N–H and O–H groups in total. The molecule has 0 saturated carbocycles. The summed E-state index contributed by atoms with van der Waals surface area (Å²) in [7, 11) is 1.48. The number of rotatable bonds is 4. The van der Waals surface area contributed by atoms with Gasteiger partial charge in [-0.2, -0.15) is 0 Å². The van der Waals surface area contributed by atoms with Crippen LogP contribution >= 0.6 is 0 Å². The summed E-state index contributed by atoms with van der Waals surface area (Å²) >= 11 is 0. The van der Waals surface area contributed by atoms with Crippen LogP contribution in [-0.2, 0) is 4.79 Å². The molecular weight excluding hydrogens is 194 g/mol. The van der Waals surface area contributed by atoms with Crippen molar-refractivity contribution in [1.29, 1.82) is 0 Å². The molecule has 0 aliphatic rings. The number of phenolic OH excluding ortho intramolecular Hbond substituents is 1. The van der Waals surface area contributed by atoms with E-state index in [4.69, 9.17) is 4.74 Å². The number of phenols is 1. The molecule has 0 aromatic heterocycles. The highest BCUT2D eigenvalue weighted by atomic mass is 16.5. The van der Waals surface area contributed by atoms with E-state index in [1.807, 2.05) is 6.92 Å². The van der Waals surface area contributed by atoms with E-state index in [0.29, 0.717) is 17.9 Å². The molecule has 0 fully saturated rings. The molecular formula is C11H15NO3. The molecule has 0 saturated heterocycles. The van der Waals surface area contributed by atoms with Crippen LogP contribution in [0, 0.1) is 0 Å². The van der Waals surface area contributed by atoms with Crippen LogP contribution in [0.3, 0.4) is 0 Å². The number of methoxy groups -OCH3 is 1. The SMILES string of the molecule is CCCC(=O)Nc1ccc(OC)c(O)c1. The smallest absolute Gasteiger partial charge is 0.224 e.